The highest BCUT2D eigenvalue weighted by atomic mass is 16.5. The van der Waals surface area contributed by atoms with Gasteiger partial charge in [-0.25, -0.2) is 4.79 Å². The van der Waals surface area contributed by atoms with E-state index in [-0.39, 0.29) is 5.56 Å². The van der Waals surface area contributed by atoms with Gasteiger partial charge in [0.2, 0.25) is 0 Å². The molecule has 0 spiro atoms. The number of benzene rings is 2. The maximum atomic E-state index is 11.3. The van der Waals surface area contributed by atoms with E-state index in [1.54, 1.807) is 25.3 Å². The number of carboxylic acids is 1. The van der Waals surface area contributed by atoms with Crippen molar-refractivity contribution < 1.29 is 14.6 Å². The number of aryl methyl sites for hydroxylation is 1. The summed E-state index contributed by atoms with van der Waals surface area (Å²) in [7, 11) is 1.57. The summed E-state index contributed by atoms with van der Waals surface area (Å²) in [5, 5.41) is 9.24. The Labute approximate surface area is 106 Å². The Kier molecular flexibility index (Phi) is 3.33. The highest BCUT2D eigenvalue weighted by Gasteiger charge is 2.13. The number of aromatic carboxylic acids is 1. The molecule has 0 atom stereocenters. The van der Waals surface area contributed by atoms with Gasteiger partial charge in [-0.05, 0) is 36.2 Å². The fraction of sp³-hybridized carbons (Fsp3) is 0.133. The molecule has 92 valence electrons. The molecule has 2 aromatic rings. The first-order valence-corrected chi connectivity index (χ1v) is 5.61. The molecule has 0 radical (unpaired) electrons. The van der Waals surface area contributed by atoms with E-state index >= 15 is 0 Å². The normalized spacial score (nSPS) is 10.1. The molecule has 0 aliphatic rings. The molecule has 18 heavy (non-hydrogen) atoms. The van der Waals surface area contributed by atoms with Crippen molar-refractivity contribution in [3.63, 3.8) is 0 Å². The third-order valence-electron chi connectivity index (χ3n) is 2.89. The molecule has 0 heterocycles. The molecule has 0 aliphatic heterocycles. The number of hydrogen-bond donors (Lipinski definition) is 1. The van der Waals surface area contributed by atoms with Crippen LogP contribution in [0.3, 0.4) is 0 Å². The second-order valence-corrected chi connectivity index (χ2v) is 4.03. The van der Waals surface area contributed by atoms with E-state index in [0.29, 0.717) is 11.3 Å². The summed E-state index contributed by atoms with van der Waals surface area (Å²) in [4.78, 5) is 11.3. The van der Waals surface area contributed by atoms with Crippen molar-refractivity contribution in [2.24, 2.45) is 0 Å². The smallest absolute Gasteiger partial charge is 0.336 e. The van der Waals surface area contributed by atoms with Gasteiger partial charge >= 0.3 is 5.97 Å². The van der Waals surface area contributed by atoms with E-state index in [0.717, 1.165) is 11.1 Å². The zero-order chi connectivity index (χ0) is 13.1. The van der Waals surface area contributed by atoms with Gasteiger partial charge in [0.05, 0.1) is 12.7 Å². The zero-order valence-corrected chi connectivity index (χ0v) is 10.3. The first kappa shape index (κ1) is 12.2. The Morgan fingerprint density at radius 2 is 1.83 bits per heavy atom. The van der Waals surface area contributed by atoms with E-state index in [4.69, 9.17) is 4.74 Å². The highest BCUT2D eigenvalue weighted by Crippen LogP contribution is 2.30. The van der Waals surface area contributed by atoms with Crippen LogP contribution >= 0.6 is 0 Å². The molecule has 0 aliphatic carbocycles. The average molecular weight is 242 g/mol. The van der Waals surface area contributed by atoms with Gasteiger partial charge in [-0.2, -0.15) is 0 Å². The van der Waals surface area contributed by atoms with Crippen LogP contribution in [0.15, 0.2) is 42.5 Å². The van der Waals surface area contributed by atoms with Crippen molar-refractivity contribution in [1.82, 2.24) is 0 Å². The lowest BCUT2D eigenvalue weighted by atomic mass is 9.96. The molecule has 0 fully saturated rings. The molecule has 0 bridgehead atoms. The van der Waals surface area contributed by atoms with E-state index < -0.39 is 5.97 Å². The van der Waals surface area contributed by atoms with Crippen LogP contribution in [0.5, 0.6) is 5.75 Å². The molecular formula is C15H14O3. The van der Waals surface area contributed by atoms with E-state index in [1.807, 2.05) is 31.2 Å². The van der Waals surface area contributed by atoms with Crippen LogP contribution in [0, 0.1) is 6.92 Å². The van der Waals surface area contributed by atoms with E-state index in [9.17, 15) is 9.90 Å². The summed E-state index contributed by atoms with van der Waals surface area (Å²) in [6.07, 6.45) is 0. The number of methoxy groups -OCH3 is 1. The third-order valence-corrected chi connectivity index (χ3v) is 2.89. The molecule has 1 N–H and O–H groups in total. The minimum Gasteiger partial charge on any atom is -0.497 e. The van der Waals surface area contributed by atoms with Gasteiger partial charge in [-0.15, -0.1) is 0 Å². The number of rotatable bonds is 3. The molecule has 0 saturated carbocycles. The SMILES string of the molecule is COc1ccc(C(=O)O)c(-c2ccccc2C)c1. The van der Waals surface area contributed by atoms with Crippen LogP contribution in [0.4, 0.5) is 0 Å². The molecular weight excluding hydrogens is 228 g/mol. The topological polar surface area (TPSA) is 46.5 Å². The molecule has 2 rings (SSSR count). The average Bonchev–Trinajstić information content (AvgIpc) is 2.38. The molecule has 0 unspecified atom stereocenters. The summed E-state index contributed by atoms with van der Waals surface area (Å²) in [5.74, 6) is -0.283. The van der Waals surface area contributed by atoms with Crippen molar-refractivity contribution in [3.8, 4) is 16.9 Å². The summed E-state index contributed by atoms with van der Waals surface area (Å²) < 4.78 is 5.16. The van der Waals surface area contributed by atoms with Gasteiger partial charge in [-0.3, -0.25) is 0 Å². The first-order chi connectivity index (χ1) is 8.63. The summed E-state index contributed by atoms with van der Waals surface area (Å²) in [6, 6.07) is 12.7. The largest absolute Gasteiger partial charge is 0.497 e. The molecule has 0 aromatic heterocycles. The minimum absolute atomic E-state index is 0.282. The monoisotopic (exact) mass is 242 g/mol. The molecule has 3 heteroatoms. The first-order valence-electron chi connectivity index (χ1n) is 5.61. The fourth-order valence-electron chi connectivity index (χ4n) is 1.93. The summed E-state index contributed by atoms with van der Waals surface area (Å²) in [6.45, 7) is 1.96. The Balaban J connectivity index is 2.68. The molecule has 3 nitrogen and oxygen atoms in total. The second-order valence-electron chi connectivity index (χ2n) is 4.03. The van der Waals surface area contributed by atoms with Crippen molar-refractivity contribution in [3.05, 3.63) is 53.6 Å². The zero-order valence-electron chi connectivity index (χ0n) is 10.3. The number of carboxylic acid groups (broad SMARTS) is 1. The van der Waals surface area contributed by atoms with Gasteiger partial charge < -0.3 is 9.84 Å². The van der Waals surface area contributed by atoms with Crippen LogP contribution in [-0.2, 0) is 0 Å². The second kappa shape index (κ2) is 4.92. The van der Waals surface area contributed by atoms with Crippen LogP contribution in [-0.4, -0.2) is 18.2 Å². The maximum absolute atomic E-state index is 11.3. The Morgan fingerprint density at radius 3 is 2.44 bits per heavy atom. The van der Waals surface area contributed by atoms with Crippen LogP contribution < -0.4 is 4.74 Å². The highest BCUT2D eigenvalue weighted by molar-refractivity contribution is 5.96. The lowest BCUT2D eigenvalue weighted by Gasteiger charge is -2.11. The standard InChI is InChI=1S/C15H14O3/c1-10-5-3-4-6-12(10)14-9-11(18-2)7-8-13(14)15(16)17/h3-9H,1-2H3,(H,16,17). The van der Waals surface area contributed by atoms with Crippen LogP contribution in [0.2, 0.25) is 0 Å². The van der Waals surface area contributed by atoms with Crippen LogP contribution in [0.1, 0.15) is 15.9 Å². The predicted molar refractivity (Wildman–Crippen MR) is 70.1 cm³/mol. The summed E-state index contributed by atoms with van der Waals surface area (Å²) >= 11 is 0. The predicted octanol–water partition coefficient (Wildman–Crippen LogP) is 3.37. The van der Waals surface area contributed by atoms with Gasteiger partial charge in [0, 0.05) is 5.56 Å². The number of carbonyl (C=O) groups is 1. The van der Waals surface area contributed by atoms with Gasteiger partial charge in [-0.1, -0.05) is 24.3 Å². The fourth-order valence-corrected chi connectivity index (χ4v) is 1.93. The van der Waals surface area contributed by atoms with Crippen molar-refractivity contribution in [1.29, 1.82) is 0 Å². The Bertz CT molecular complexity index is 588. The molecule has 0 saturated heterocycles. The molecule has 0 amide bonds. The maximum Gasteiger partial charge on any atom is 0.336 e. The van der Waals surface area contributed by atoms with Crippen molar-refractivity contribution in [2.75, 3.05) is 7.11 Å². The third kappa shape index (κ3) is 2.20. The van der Waals surface area contributed by atoms with Gasteiger partial charge in [0.25, 0.3) is 0 Å². The number of ether oxygens (including phenoxy) is 1. The Morgan fingerprint density at radius 1 is 1.11 bits per heavy atom. The van der Waals surface area contributed by atoms with E-state index in [1.165, 1.54) is 0 Å². The van der Waals surface area contributed by atoms with Crippen molar-refractivity contribution >= 4 is 5.97 Å². The van der Waals surface area contributed by atoms with Gasteiger partial charge in [0.1, 0.15) is 5.75 Å². The molecule has 2 aromatic carbocycles. The van der Waals surface area contributed by atoms with E-state index in [2.05, 4.69) is 0 Å². The lowest BCUT2D eigenvalue weighted by molar-refractivity contribution is 0.0697. The minimum atomic E-state index is -0.934. The Hall–Kier alpha value is -2.29. The summed E-state index contributed by atoms with van der Waals surface area (Å²) in [5.41, 5.74) is 2.91. The lowest BCUT2D eigenvalue weighted by Crippen LogP contribution is -2.00. The number of hydrogen-bond acceptors (Lipinski definition) is 2. The van der Waals surface area contributed by atoms with Crippen LogP contribution in [0.25, 0.3) is 11.1 Å². The quantitative estimate of drug-likeness (QED) is 0.897. The van der Waals surface area contributed by atoms with Crippen molar-refractivity contribution in [2.45, 2.75) is 6.92 Å². The van der Waals surface area contributed by atoms with Gasteiger partial charge in [0.15, 0.2) is 0 Å².